The van der Waals surface area contributed by atoms with Gasteiger partial charge in [0.15, 0.2) is 5.71 Å². The number of H-pyrrole nitrogens is 1. The van der Waals surface area contributed by atoms with Crippen LogP contribution in [0.4, 0.5) is 5.69 Å². The molecule has 0 atom stereocenters. The zero-order valence-corrected chi connectivity index (χ0v) is 17.9. The Morgan fingerprint density at radius 3 is 2.63 bits per heavy atom. The second-order valence-corrected chi connectivity index (χ2v) is 9.22. The minimum absolute atomic E-state index is 0.108. The number of aromatic amines is 1. The van der Waals surface area contributed by atoms with Gasteiger partial charge in [-0.05, 0) is 54.0 Å². The SMILES string of the molecule is CN1C(=O)C(=N/N=C2/CCCc3c2[nH]c2ccc(C(C)(C)C)cc32)c2ccccc21. The maximum absolute atomic E-state index is 12.7. The molecule has 0 fully saturated rings. The maximum atomic E-state index is 12.7. The van der Waals surface area contributed by atoms with E-state index in [9.17, 15) is 4.79 Å². The predicted molar refractivity (Wildman–Crippen MR) is 123 cm³/mol. The van der Waals surface area contributed by atoms with Crippen LogP contribution in [0.15, 0.2) is 52.7 Å². The van der Waals surface area contributed by atoms with Crippen LogP contribution in [0.2, 0.25) is 0 Å². The van der Waals surface area contributed by atoms with Gasteiger partial charge in [-0.15, -0.1) is 5.10 Å². The summed E-state index contributed by atoms with van der Waals surface area (Å²) in [5.74, 6) is -0.108. The third kappa shape index (κ3) is 2.88. The number of amides is 1. The van der Waals surface area contributed by atoms with E-state index in [-0.39, 0.29) is 11.3 Å². The highest BCUT2D eigenvalue weighted by Gasteiger charge is 2.31. The van der Waals surface area contributed by atoms with Crippen molar-refractivity contribution in [1.29, 1.82) is 0 Å². The molecule has 3 aromatic rings. The molecule has 0 bridgehead atoms. The summed E-state index contributed by atoms with van der Waals surface area (Å²) < 4.78 is 0. The van der Waals surface area contributed by atoms with Crippen molar-refractivity contribution in [3.63, 3.8) is 0 Å². The molecule has 1 aliphatic heterocycles. The number of aryl methyl sites for hydroxylation is 1. The highest BCUT2D eigenvalue weighted by atomic mass is 16.2. The lowest BCUT2D eigenvalue weighted by Crippen LogP contribution is -2.25. The van der Waals surface area contributed by atoms with Gasteiger partial charge in [0, 0.05) is 23.5 Å². The lowest BCUT2D eigenvalue weighted by Gasteiger charge is -2.19. The highest BCUT2D eigenvalue weighted by molar-refractivity contribution is 6.54. The lowest BCUT2D eigenvalue weighted by atomic mass is 9.85. The minimum Gasteiger partial charge on any atom is -0.353 e. The largest absolute Gasteiger partial charge is 0.353 e. The number of benzene rings is 2. The number of carbonyl (C=O) groups excluding carboxylic acids is 1. The van der Waals surface area contributed by atoms with Gasteiger partial charge in [0.1, 0.15) is 0 Å². The first kappa shape index (κ1) is 18.8. The summed E-state index contributed by atoms with van der Waals surface area (Å²) in [5.41, 5.74) is 8.03. The van der Waals surface area contributed by atoms with Gasteiger partial charge in [0.05, 0.1) is 17.1 Å². The molecule has 30 heavy (non-hydrogen) atoms. The molecule has 1 N–H and O–H groups in total. The van der Waals surface area contributed by atoms with Crippen molar-refractivity contribution in [2.24, 2.45) is 10.2 Å². The molecule has 5 nitrogen and oxygen atoms in total. The van der Waals surface area contributed by atoms with Gasteiger partial charge in [-0.3, -0.25) is 4.79 Å². The molecule has 0 saturated heterocycles. The molecular weight excluding hydrogens is 372 g/mol. The molecule has 5 heteroatoms. The quantitative estimate of drug-likeness (QED) is 0.578. The summed E-state index contributed by atoms with van der Waals surface area (Å²) in [4.78, 5) is 17.9. The molecule has 152 valence electrons. The van der Waals surface area contributed by atoms with Crippen molar-refractivity contribution < 1.29 is 4.79 Å². The number of hydrogen-bond acceptors (Lipinski definition) is 3. The topological polar surface area (TPSA) is 60.8 Å². The zero-order valence-electron chi connectivity index (χ0n) is 17.9. The van der Waals surface area contributed by atoms with Gasteiger partial charge in [0.25, 0.3) is 5.91 Å². The third-order valence-corrected chi connectivity index (χ3v) is 6.20. The van der Waals surface area contributed by atoms with Crippen LogP contribution in [0, 0.1) is 0 Å². The first-order valence-electron chi connectivity index (χ1n) is 10.5. The van der Waals surface area contributed by atoms with E-state index in [2.05, 4.69) is 54.2 Å². The number of nitrogens with one attached hydrogen (secondary N) is 1. The first-order chi connectivity index (χ1) is 14.3. The van der Waals surface area contributed by atoms with E-state index in [0.717, 1.165) is 47.4 Å². The average Bonchev–Trinajstić information content (AvgIpc) is 3.22. The van der Waals surface area contributed by atoms with Crippen LogP contribution in [-0.4, -0.2) is 29.4 Å². The van der Waals surface area contributed by atoms with E-state index in [4.69, 9.17) is 0 Å². The average molecular weight is 399 g/mol. The summed E-state index contributed by atoms with van der Waals surface area (Å²) in [6.45, 7) is 6.72. The van der Waals surface area contributed by atoms with E-state index >= 15 is 0 Å². The minimum atomic E-state index is -0.108. The van der Waals surface area contributed by atoms with Crippen LogP contribution >= 0.6 is 0 Å². The van der Waals surface area contributed by atoms with Gasteiger partial charge in [-0.2, -0.15) is 5.10 Å². The Morgan fingerprint density at radius 1 is 1.03 bits per heavy atom. The number of rotatable bonds is 1. The molecule has 5 rings (SSSR count). The van der Waals surface area contributed by atoms with Crippen molar-refractivity contribution in [2.45, 2.75) is 45.4 Å². The third-order valence-electron chi connectivity index (χ3n) is 6.20. The molecule has 0 radical (unpaired) electrons. The van der Waals surface area contributed by atoms with Crippen molar-refractivity contribution in [2.75, 3.05) is 11.9 Å². The summed E-state index contributed by atoms with van der Waals surface area (Å²) in [5, 5.41) is 10.3. The number of fused-ring (bicyclic) bond motifs is 4. The molecule has 0 spiro atoms. The van der Waals surface area contributed by atoms with Crippen molar-refractivity contribution >= 4 is 33.9 Å². The number of likely N-dealkylation sites (N-methyl/N-ethyl adjacent to an activating group) is 1. The molecule has 2 aliphatic rings. The van der Waals surface area contributed by atoms with Crippen LogP contribution < -0.4 is 4.90 Å². The van der Waals surface area contributed by atoms with Crippen LogP contribution in [-0.2, 0) is 16.6 Å². The van der Waals surface area contributed by atoms with Gasteiger partial charge in [-0.1, -0.05) is 45.0 Å². The molecular formula is C25H26N4O. The maximum Gasteiger partial charge on any atom is 0.279 e. The fourth-order valence-electron chi connectivity index (χ4n) is 4.43. The summed E-state index contributed by atoms with van der Waals surface area (Å²) in [6.07, 6.45) is 2.92. The van der Waals surface area contributed by atoms with E-state index in [1.807, 2.05) is 24.3 Å². The van der Waals surface area contributed by atoms with E-state index in [1.165, 1.54) is 16.5 Å². The Bertz CT molecular complexity index is 1240. The second-order valence-electron chi connectivity index (χ2n) is 9.22. The molecule has 2 heterocycles. The number of aromatic nitrogens is 1. The Balaban J connectivity index is 1.59. The lowest BCUT2D eigenvalue weighted by molar-refractivity contribution is -0.111. The van der Waals surface area contributed by atoms with Crippen LogP contribution in [0.1, 0.15) is 56.0 Å². The van der Waals surface area contributed by atoms with Gasteiger partial charge >= 0.3 is 0 Å². The summed E-state index contributed by atoms with van der Waals surface area (Å²) in [7, 11) is 1.78. The smallest absolute Gasteiger partial charge is 0.279 e. The fraction of sp³-hybridized carbons (Fsp3) is 0.320. The summed E-state index contributed by atoms with van der Waals surface area (Å²) in [6, 6.07) is 14.4. The first-order valence-corrected chi connectivity index (χ1v) is 10.5. The van der Waals surface area contributed by atoms with Gasteiger partial charge in [0.2, 0.25) is 0 Å². The van der Waals surface area contributed by atoms with Gasteiger partial charge in [-0.25, -0.2) is 0 Å². The van der Waals surface area contributed by atoms with Crippen LogP contribution in [0.3, 0.4) is 0 Å². The Labute approximate surface area is 176 Å². The van der Waals surface area contributed by atoms with Crippen molar-refractivity contribution in [3.05, 3.63) is 64.8 Å². The second kappa shape index (κ2) is 6.66. The molecule has 2 aromatic carbocycles. The molecule has 1 aromatic heterocycles. The fourth-order valence-corrected chi connectivity index (χ4v) is 4.43. The Morgan fingerprint density at radius 2 is 1.83 bits per heavy atom. The number of nitrogens with zero attached hydrogens (tertiary/aromatic N) is 3. The monoisotopic (exact) mass is 398 g/mol. The standard InChI is InChI=1S/C25H26N4O/c1-25(2,3)15-12-13-19-18(14-15)16-9-7-10-20(22(16)26-19)27-28-23-17-8-5-6-11-21(17)29(4)24(23)30/h5-6,8,11-14,26H,7,9-10H2,1-4H3/b27-20-,28-23?. The van der Waals surface area contributed by atoms with Crippen LogP contribution in [0.25, 0.3) is 10.9 Å². The Kier molecular flexibility index (Phi) is 4.17. The number of hydrogen-bond donors (Lipinski definition) is 1. The number of anilines is 1. The molecule has 0 saturated carbocycles. The highest BCUT2D eigenvalue weighted by Crippen LogP contribution is 2.33. The normalized spacial score (nSPS) is 19.1. The van der Waals surface area contributed by atoms with E-state index in [1.54, 1.807) is 11.9 Å². The number of para-hydroxylation sites is 1. The molecule has 1 aliphatic carbocycles. The molecule has 1 amide bonds. The zero-order chi connectivity index (χ0) is 21.0. The summed E-state index contributed by atoms with van der Waals surface area (Å²) >= 11 is 0. The predicted octanol–water partition coefficient (Wildman–Crippen LogP) is 4.97. The number of carbonyl (C=O) groups is 1. The van der Waals surface area contributed by atoms with E-state index in [0.29, 0.717) is 5.71 Å². The van der Waals surface area contributed by atoms with Crippen LogP contribution in [0.5, 0.6) is 0 Å². The van der Waals surface area contributed by atoms with Gasteiger partial charge < -0.3 is 9.88 Å². The van der Waals surface area contributed by atoms with Crippen molar-refractivity contribution in [3.8, 4) is 0 Å². The molecule has 0 unspecified atom stereocenters. The van der Waals surface area contributed by atoms with E-state index < -0.39 is 0 Å². The Hall–Kier alpha value is -3.21. The van der Waals surface area contributed by atoms with Crippen molar-refractivity contribution in [1.82, 2.24) is 4.98 Å².